The first-order chi connectivity index (χ1) is 15.9. The summed E-state index contributed by atoms with van der Waals surface area (Å²) in [4.78, 5) is 27.6. The number of rotatable bonds is 9. The molecule has 0 heterocycles. The third-order valence-corrected chi connectivity index (χ3v) is 5.88. The molecular formula is C25H23BrClFN2O3. The summed E-state index contributed by atoms with van der Waals surface area (Å²) in [5.74, 6) is -0.610. The molecule has 0 aliphatic heterocycles. The van der Waals surface area contributed by atoms with Crippen LogP contribution in [0.5, 0.6) is 5.75 Å². The molecule has 3 rings (SSSR count). The van der Waals surface area contributed by atoms with Crippen molar-refractivity contribution in [3.8, 4) is 5.75 Å². The summed E-state index contributed by atoms with van der Waals surface area (Å²) in [7, 11) is 1.53. The van der Waals surface area contributed by atoms with E-state index in [4.69, 9.17) is 16.3 Å². The van der Waals surface area contributed by atoms with Gasteiger partial charge >= 0.3 is 0 Å². The summed E-state index contributed by atoms with van der Waals surface area (Å²) in [6.07, 6.45) is 0.318. The van der Waals surface area contributed by atoms with E-state index in [2.05, 4.69) is 21.2 Å². The molecule has 5 nitrogen and oxygen atoms in total. The maximum atomic E-state index is 13.4. The number of likely N-dealkylation sites (N-methyl/N-ethyl adjacent to an activating group) is 1. The highest BCUT2D eigenvalue weighted by molar-refractivity contribution is 9.10. The van der Waals surface area contributed by atoms with E-state index in [0.29, 0.717) is 27.2 Å². The minimum Gasteiger partial charge on any atom is -0.483 e. The van der Waals surface area contributed by atoms with Crippen molar-refractivity contribution in [2.75, 3.05) is 13.7 Å². The van der Waals surface area contributed by atoms with Gasteiger partial charge in [-0.05, 0) is 57.4 Å². The lowest BCUT2D eigenvalue weighted by Gasteiger charge is -2.31. The number of benzene rings is 3. The fourth-order valence-corrected chi connectivity index (χ4v) is 4.12. The Bertz CT molecular complexity index is 1100. The molecule has 0 saturated carbocycles. The number of carbonyl (C=O) groups excluding carboxylic acids is 2. The van der Waals surface area contributed by atoms with Crippen LogP contribution >= 0.6 is 27.5 Å². The summed E-state index contributed by atoms with van der Waals surface area (Å²) >= 11 is 9.34. The fourth-order valence-electron chi connectivity index (χ4n) is 3.32. The second-order valence-electron chi connectivity index (χ2n) is 7.33. The Labute approximate surface area is 205 Å². The van der Waals surface area contributed by atoms with E-state index in [9.17, 15) is 14.0 Å². The molecule has 33 heavy (non-hydrogen) atoms. The predicted molar refractivity (Wildman–Crippen MR) is 130 cm³/mol. The van der Waals surface area contributed by atoms with Crippen LogP contribution in [0, 0.1) is 5.82 Å². The van der Waals surface area contributed by atoms with Gasteiger partial charge in [0.2, 0.25) is 5.91 Å². The van der Waals surface area contributed by atoms with E-state index in [1.165, 1.54) is 24.1 Å². The van der Waals surface area contributed by atoms with Crippen LogP contribution in [0.25, 0.3) is 0 Å². The lowest BCUT2D eigenvalue weighted by molar-refractivity contribution is -0.142. The molecule has 0 saturated heterocycles. The van der Waals surface area contributed by atoms with Gasteiger partial charge in [-0.2, -0.15) is 0 Å². The van der Waals surface area contributed by atoms with Gasteiger partial charge in [0.05, 0.1) is 4.47 Å². The van der Waals surface area contributed by atoms with Crippen molar-refractivity contribution in [1.82, 2.24) is 10.2 Å². The van der Waals surface area contributed by atoms with Gasteiger partial charge in [0.25, 0.3) is 5.91 Å². The zero-order valence-electron chi connectivity index (χ0n) is 17.9. The molecule has 3 aromatic carbocycles. The molecule has 3 aromatic rings. The zero-order chi connectivity index (χ0) is 23.8. The molecule has 0 fully saturated rings. The Balaban J connectivity index is 1.87. The smallest absolute Gasteiger partial charge is 0.261 e. The van der Waals surface area contributed by atoms with Gasteiger partial charge < -0.3 is 15.0 Å². The lowest BCUT2D eigenvalue weighted by Crippen LogP contribution is -2.51. The van der Waals surface area contributed by atoms with Crippen LogP contribution in [0.15, 0.2) is 77.3 Å². The molecule has 0 bridgehead atoms. The largest absolute Gasteiger partial charge is 0.483 e. The lowest BCUT2D eigenvalue weighted by atomic mass is 10.0. The van der Waals surface area contributed by atoms with Crippen LogP contribution in [-0.2, 0) is 22.6 Å². The zero-order valence-corrected chi connectivity index (χ0v) is 20.3. The van der Waals surface area contributed by atoms with E-state index < -0.39 is 6.04 Å². The molecule has 2 amide bonds. The van der Waals surface area contributed by atoms with Gasteiger partial charge in [-0.1, -0.05) is 54.1 Å². The average molecular weight is 534 g/mol. The van der Waals surface area contributed by atoms with E-state index in [1.54, 1.807) is 30.3 Å². The molecule has 0 aliphatic carbocycles. The quantitative estimate of drug-likeness (QED) is 0.421. The molecule has 172 valence electrons. The maximum Gasteiger partial charge on any atom is 0.261 e. The highest BCUT2D eigenvalue weighted by Gasteiger charge is 2.30. The summed E-state index contributed by atoms with van der Waals surface area (Å²) < 4.78 is 19.7. The number of amides is 2. The van der Waals surface area contributed by atoms with Gasteiger partial charge in [0.15, 0.2) is 6.61 Å². The first kappa shape index (κ1) is 24.7. The average Bonchev–Trinajstić information content (AvgIpc) is 2.82. The van der Waals surface area contributed by atoms with E-state index >= 15 is 0 Å². The van der Waals surface area contributed by atoms with Crippen molar-refractivity contribution >= 4 is 39.3 Å². The monoisotopic (exact) mass is 532 g/mol. The molecule has 0 aliphatic rings. The van der Waals surface area contributed by atoms with Crippen LogP contribution in [0.2, 0.25) is 5.02 Å². The van der Waals surface area contributed by atoms with Crippen molar-refractivity contribution in [3.63, 3.8) is 0 Å². The van der Waals surface area contributed by atoms with Crippen LogP contribution in [-0.4, -0.2) is 36.4 Å². The minimum atomic E-state index is -0.785. The second kappa shape index (κ2) is 11.8. The molecule has 0 aromatic heterocycles. The standard InChI is InChI=1S/C25H23BrClFN2O3/c1-29-25(32)22(13-17-5-3-2-4-6-17)30(15-18-7-10-20(28)11-8-18)24(31)16-33-23-12-9-19(27)14-21(23)26/h2-12,14,22H,13,15-16H2,1H3,(H,29,32). The Kier molecular flexibility index (Phi) is 8.86. The molecular weight excluding hydrogens is 511 g/mol. The summed E-state index contributed by atoms with van der Waals surface area (Å²) in [5.41, 5.74) is 1.60. The second-order valence-corrected chi connectivity index (χ2v) is 8.62. The van der Waals surface area contributed by atoms with Crippen LogP contribution in [0.3, 0.4) is 0 Å². The number of ether oxygens (including phenoxy) is 1. The Hall–Kier alpha value is -2.90. The number of hydrogen-bond donors (Lipinski definition) is 1. The van der Waals surface area contributed by atoms with Crippen molar-refractivity contribution in [2.45, 2.75) is 19.0 Å². The number of hydrogen-bond acceptors (Lipinski definition) is 3. The van der Waals surface area contributed by atoms with Gasteiger partial charge in [0.1, 0.15) is 17.6 Å². The van der Waals surface area contributed by atoms with Crippen molar-refractivity contribution < 1.29 is 18.7 Å². The van der Waals surface area contributed by atoms with Crippen LogP contribution in [0.4, 0.5) is 4.39 Å². The van der Waals surface area contributed by atoms with E-state index in [-0.39, 0.29) is 30.8 Å². The molecule has 1 atom stereocenters. The summed E-state index contributed by atoms with van der Waals surface area (Å²) in [5, 5.41) is 3.18. The number of nitrogens with zero attached hydrogens (tertiary/aromatic N) is 1. The molecule has 1 N–H and O–H groups in total. The first-order valence-electron chi connectivity index (χ1n) is 10.2. The minimum absolute atomic E-state index is 0.120. The van der Waals surface area contributed by atoms with Crippen LogP contribution in [0.1, 0.15) is 11.1 Å². The van der Waals surface area contributed by atoms with Crippen LogP contribution < -0.4 is 10.1 Å². The number of nitrogens with one attached hydrogen (secondary N) is 1. The third kappa shape index (κ3) is 7.04. The van der Waals surface area contributed by atoms with Gasteiger partial charge in [-0.3, -0.25) is 9.59 Å². The summed E-state index contributed by atoms with van der Waals surface area (Å²) in [6, 6.07) is 19.5. The predicted octanol–water partition coefficient (Wildman–Crippen LogP) is 5.01. The third-order valence-electron chi connectivity index (χ3n) is 5.03. The highest BCUT2D eigenvalue weighted by atomic mass is 79.9. The van der Waals surface area contributed by atoms with Crippen molar-refractivity contribution in [1.29, 1.82) is 0 Å². The van der Waals surface area contributed by atoms with Crippen molar-refractivity contribution in [3.05, 3.63) is 99.2 Å². The molecule has 1 unspecified atom stereocenters. The van der Waals surface area contributed by atoms with Gasteiger partial charge in [-0.25, -0.2) is 4.39 Å². The topological polar surface area (TPSA) is 58.6 Å². The SMILES string of the molecule is CNC(=O)C(Cc1ccccc1)N(Cc1ccc(F)cc1)C(=O)COc1ccc(Cl)cc1Br. The molecule has 0 radical (unpaired) electrons. The first-order valence-corrected chi connectivity index (χ1v) is 11.4. The summed E-state index contributed by atoms with van der Waals surface area (Å²) in [6.45, 7) is -0.168. The number of halogens is 3. The Morgan fingerprint density at radius 3 is 2.39 bits per heavy atom. The Morgan fingerprint density at radius 2 is 1.76 bits per heavy atom. The molecule has 0 spiro atoms. The van der Waals surface area contributed by atoms with Gasteiger partial charge in [-0.15, -0.1) is 0 Å². The fraction of sp³-hybridized carbons (Fsp3) is 0.200. The normalized spacial score (nSPS) is 11.5. The van der Waals surface area contributed by atoms with E-state index in [1.807, 2.05) is 30.3 Å². The Morgan fingerprint density at radius 1 is 1.06 bits per heavy atom. The molecule has 8 heteroatoms. The highest BCUT2D eigenvalue weighted by Crippen LogP contribution is 2.28. The van der Waals surface area contributed by atoms with Gasteiger partial charge in [0, 0.05) is 25.0 Å². The van der Waals surface area contributed by atoms with E-state index in [0.717, 1.165) is 5.56 Å². The number of carbonyl (C=O) groups is 2. The van der Waals surface area contributed by atoms with Crippen molar-refractivity contribution in [2.24, 2.45) is 0 Å². The maximum absolute atomic E-state index is 13.4.